The zero-order chi connectivity index (χ0) is 21.0. The van der Waals surface area contributed by atoms with Crippen molar-refractivity contribution in [1.29, 1.82) is 0 Å². The molecule has 2 aromatic rings. The standard InChI is InChI=1S/C20H23F2N3O4/c1-12-24-15(10-16(26)27-3)17(19-28-7-8-29-19)18(25-12)23-11-13-5-4-6-14(9-13)20(2,21)22/h4-6,9,19H,7-8,10-11H2,1-3H3,(H,23,24,25). The van der Waals surface area contributed by atoms with E-state index < -0.39 is 18.2 Å². The van der Waals surface area contributed by atoms with Gasteiger partial charge in [-0.3, -0.25) is 4.79 Å². The zero-order valence-electron chi connectivity index (χ0n) is 16.5. The SMILES string of the molecule is COC(=O)Cc1nc(C)nc(NCc2cccc(C(C)(F)F)c2)c1C1OCCO1. The second kappa shape index (κ2) is 8.79. The molecule has 1 aromatic heterocycles. The van der Waals surface area contributed by atoms with Gasteiger partial charge in [0.25, 0.3) is 5.92 Å². The van der Waals surface area contributed by atoms with E-state index in [0.717, 1.165) is 6.92 Å². The Balaban J connectivity index is 1.90. The summed E-state index contributed by atoms with van der Waals surface area (Å²) >= 11 is 0. The van der Waals surface area contributed by atoms with Crippen LogP contribution in [-0.2, 0) is 37.9 Å². The number of halogens is 2. The predicted octanol–water partition coefficient (Wildman–Crippen LogP) is 3.27. The average molecular weight is 407 g/mol. The highest BCUT2D eigenvalue weighted by Gasteiger charge is 2.28. The summed E-state index contributed by atoms with van der Waals surface area (Å²) in [5.74, 6) is -2.50. The summed E-state index contributed by atoms with van der Waals surface area (Å²) in [6.07, 6.45) is -0.783. The van der Waals surface area contributed by atoms with Crippen LogP contribution in [0.1, 0.15) is 41.4 Å². The number of esters is 1. The third-order valence-electron chi connectivity index (χ3n) is 4.43. The molecule has 0 spiro atoms. The quantitative estimate of drug-likeness (QED) is 0.706. The number of alkyl halides is 2. The molecular formula is C20H23F2N3O4. The van der Waals surface area contributed by atoms with Crippen molar-refractivity contribution < 1.29 is 27.8 Å². The maximum atomic E-state index is 13.6. The number of ether oxygens (including phenoxy) is 3. The minimum atomic E-state index is -2.92. The van der Waals surface area contributed by atoms with E-state index in [9.17, 15) is 13.6 Å². The Bertz CT molecular complexity index is 881. The van der Waals surface area contributed by atoms with Gasteiger partial charge in [-0.2, -0.15) is 0 Å². The highest BCUT2D eigenvalue weighted by atomic mass is 19.3. The van der Waals surface area contributed by atoms with Gasteiger partial charge in [0, 0.05) is 19.0 Å². The van der Waals surface area contributed by atoms with E-state index in [1.54, 1.807) is 19.1 Å². The summed E-state index contributed by atoms with van der Waals surface area (Å²) in [5, 5.41) is 3.15. The van der Waals surface area contributed by atoms with E-state index in [2.05, 4.69) is 15.3 Å². The van der Waals surface area contributed by atoms with Gasteiger partial charge < -0.3 is 19.5 Å². The third-order valence-corrected chi connectivity index (χ3v) is 4.43. The van der Waals surface area contributed by atoms with Gasteiger partial charge in [-0.15, -0.1) is 0 Å². The van der Waals surface area contributed by atoms with Crippen molar-refractivity contribution in [3.8, 4) is 0 Å². The number of rotatable bonds is 7. The summed E-state index contributed by atoms with van der Waals surface area (Å²) in [5.41, 5.74) is 1.54. The second-order valence-electron chi connectivity index (χ2n) is 6.75. The number of nitrogens with one attached hydrogen (secondary N) is 1. The molecule has 1 saturated heterocycles. The Morgan fingerprint density at radius 1 is 1.31 bits per heavy atom. The van der Waals surface area contributed by atoms with Gasteiger partial charge in [-0.05, 0) is 18.6 Å². The first-order chi connectivity index (χ1) is 13.8. The minimum absolute atomic E-state index is 0.0648. The first-order valence-electron chi connectivity index (χ1n) is 9.16. The van der Waals surface area contributed by atoms with Crippen molar-refractivity contribution in [3.63, 3.8) is 0 Å². The normalized spacial score (nSPS) is 14.8. The molecule has 0 bridgehead atoms. The largest absolute Gasteiger partial charge is 0.469 e. The van der Waals surface area contributed by atoms with Gasteiger partial charge in [0.15, 0.2) is 6.29 Å². The number of nitrogens with zero attached hydrogens (tertiary/aromatic N) is 2. The number of carbonyl (C=O) groups excluding carboxylic acids is 1. The second-order valence-corrected chi connectivity index (χ2v) is 6.75. The number of aromatic nitrogens is 2. The van der Waals surface area contributed by atoms with Crippen LogP contribution >= 0.6 is 0 Å². The lowest BCUT2D eigenvalue weighted by Crippen LogP contribution is -2.17. The van der Waals surface area contributed by atoms with Gasteiger partial charge in [-0.1, -0.05) is 18.2 Å². The van der Waals surface area contributed by atoms with Crippen molar-refractivity contribution in [2.45, 2.75) is 39.0 Å². The molecule has 1 aliphatic rings. The first-order valence-corrected chi connectivity index (χ1v) is 9.16. The monoisotopic (exact) mass is 407 g/mol. The molecule has 1 aromatic carbocycles. The molecule has 156 valence electrons. The molecule has 0 saturated carbocycles. The fourth-order valence-corrected chi connectivity index (χ4v) is 3.03. The summed E-state index contributed by atoms with van der Waals surface area (Å²) in [7, 11) is 1.30. The molecule has 1 aliphatic heterocycles. The van der Waals surface area contributed by atoms with Gasteiger partial charge >= 0.3 is 5.97 Å². The summed E-state index contributed by atoms with van der Waals surface area (Å²) in [6.45, 7) is 3.62. The number of hydrogen-bond donors (Lipinski definition) is 1. The molecule has 7 nitrogen and oxygen atoms in total. The molecule has 1 N–H and O–H groups in total. The lowest BCUT2D eigenvalue weighted by molar-refractivity contribution is -0.139. The van der Waals surface area contributed by atoms with Crippen LogP contribution in [0, 0.1) is 6.92 Å². The van der Waals surface area contributed by atoms with Crippen LogP contribution in [0.4, 0.5) is 14.6 Å². The van der Waals surface area contributed by atoms with Crippen LogP contribution in [0.3, 0.4) is 0 Å². The van der Waals surface area contributed by atoms with Crippen molar-refractivity contribution in [3.05, 3.63) is 52.5 Å². The van der Waals surface area contributed by atoms with Crippen LogP contribution in [0.2, 0.25) is 0 Å². The van der Waals surface area contributed by atoms with Gasteiger partial charge in [-0.25, -0.2) is 18.7 Å². The van der Waals surface area contributed by atoms with Crippen molar-refractivity contribution >= 4 is 11.8 Å². The molecule has 29 heavy (non-hydrogen) atoms. The Hall–Kier alpha value is -2.65. The number of methoxy groups -OCH3 is 1. The fourth-order valence-electron chi connectivity index (χ4n) is 3.03. The van der Waals surface area contributed by atoms with Crippen LogP contribution in [0.5, 0.6) is 0 Å². The molecule has 0 unspecified atom stereocenters. The number of aryl methyl sites for hydroxylation is 1. The van der Waals surface area contributed by atoms with Gasteiger partial charge in [0.05, 0.1) is 38.0 Å². The lowest BCUT2D eigenvalue weighted by atomic mass is 10.1. The highest BCUT2D eigenvalue weighted by Crippen LogP contribution is 2.32. The van der Waals surface area contributed by atoms with Crippen LogP contribution in [0.15, 0.2) is 24.3 Å². The molecule has 2 heterocycles. The maximum absolute atomic E-state index is 13.6. The van der Waals surface area contributed by atoms with E-state index in [1.165, 1.54) is 19.2 Å². The Labute approximate surface area is 167 Å². The molecule has 0 aliphatic carbocycles. The molecule has 0 atom stereocenters. The van der Waals surface area contributed by atoms with E-state index in [-0.39, 0.29) is 18.5 Å². The van der Waals surface area contributed by atoms with Gasteiger partial charge in [0.2, 0.25) is 0 Å². The van der Waals surface area contributed by atoms with Crippen molar-refractivity contribution in [2.75, 3.05) is 25.6 Å². The molecule has 1 fully saturated rings. The number of anilines is 1. The molecule has 0 amide bonds. The summed E-state index contributed by atoms with van der Waals surface area (Å²) < 4.78 is 43.2. The fraction of sp³-hybridized carbons (Fsp3) is 0.450. The maximum Gasteiger partial charge on any atom is 0.311 e. The Kier molecular flexibility index (Phi) is 6.39. The smallest absolute Gasteiger partial charge is 0.311 e. The number of carbonyl (C=O) groups is 1. The van der Waals surface area contributed by atoms with Crippen LogP contribution in [-0.4, -0.2) is 36.3 Å². The van der Waals surface area contributed by atoms with Gasteiger partial charge in [0.1, 0.15) is 11.6 Å². The molecule has 3 rings (SSSR count). The van der Waals surface area contributed by atoms with E-state index in [0.29, 0.717) is 41.7 Å². The topological polar surface area (TPSA) is 82.6 Å². The Morgan fingerprint density at radius 2 is 2.03 bits per heavy atom. The number of hydrogen-bond acceptors (Lipinski definition) is 7. The summed E-state index contributed by atoms with van der Waals surface area (Å²) in [6, 6.07) is 6.16. The summed E-state index contributed by atoms with van der Waals surface area (Å²) in [4.78, 5) is 20.6. The highest BCUT2D eigenvalue weighted by molar-refractivity contribution is 5.73. The lowest BCUT2D eigenvalue weighted by Gasteiger charge is -2.19. The minimum Gasteiger partial charge on any atom is -0.469 e. The average Bonchev–Trinajstić information content (AvgIpc) is 3.19. The molecular weight excluding hydrogens is 384 g/mol. The van der Waals surface area contributed by atoms with E-state index in [4.69, 9.17) is 14.2 Å². The van der Waals surface area contributed by atoms with Crippen LogP contribution < -0.4 is 5.32 Å². The van der Waals surface area contributed by atoms with Crippen LogP contribution in [0.25, 0.3) is 0 Å². The van der Waals surface area contributed by atoms with Crippen molar-refractivity contribution in [2.24, 2.45) is 0 Å². The number of benzene rings is 1. The van der Waals surface area contributed by atoms with E-state index >= 15 is 0 Å². The molecule has 9 heteroatoms. The first kappa shape index (κ1) is 21.1. The zero-order valence-corrected chi connectivity index (χ0v) is 16.5. The van der Waals surface area contributed by atoms with Crippen molar-refractivity contribution in [1.82, 2.24) is 9.97 Å². The van der Waals surface area contributed by atoms with E-state index in [1.807, 2.05) is 0 Å². The predicted molar refractivity (Wildman–Crippen MR) is 100 cm³/mol. The molecule has 0 radical (unpaired) electrons. The third kappa shape index (κ3) is 5.24. The Morgan fingerprint density at radius 3 is 2.69 bits per heavy atom.